The molecule has 14 heavy (non-hydrogen) atoms. The molecule has 0 spiro atoms. The van der Waals surface area contributed by atoms with Crippen molar-refractivity contribution in [2.24, 2.45) is 0 Å². The van der Waals surface area contributed by atoms with Crippen LogP contribution in [0.2, 0.25) is 0 Å². The van der Waals surface area contributed by atoms with E-state index in [4.69, 9.17) is 10.2 Å². The van der Waals surface area contributed by atoms with E-state index >= 15 is 0 Å². The third kappa shape index (κ3) is 2.63. The summed E-state index contributed by atoms with van der Waals surface area (Å²) in [6.45, 7) is 1.33. The zero-order valence-corrected chi connectivity index (χ0v) is 9.32. The van der Waals surface area contributed by atoms with E-state index < -0.39 is 5.54 Å². The van der Waals surface area contributed by atoms with Gasteiger partial charge in [-0.05, 0) is 22.9 Å². The summed E-state index contributed by atoms with van der Waals surface area (Å²) in [4.78, 5) is 7.77. The number of hydrogen-bond acceptors (Lipinski definition) is 5. The summed E-state index contributed by atoms with van der Waals surface area (Å²) >= 11 is 3.26. The summed E-state index contributed by atoms with van der Waals surface area (Å²) in [6, 6.07) is 0. The molecular weight excluding hydrogens is 250 g/mol. The standard InChI is InChI=1S/C8H12BrN3O2/c1-8(3-13,4-14)12-7-6(9)2-10-5-11-7/h2,5,13-14H,3-4H2,1H3,(H,10,11,12). The summed E-state index contributed by atoms with van der Waals surface area (Å²) in [5.41, 5.74) is -0.781. The molecule has 3 N–H and O–H groups in total. The van der Waals surface area contributed by atoms with Gasteiger partial charge in [-0.15, -0.1) is 0 Å². The summed E-state index contributed by atoms with van der Waals surface area (Å²) in [6.07, 6.45) is 2.98. The lowest BCUT2D eigenvalue weighted by Gasteiger charge is -2.27. The van der Waals surface area contributed by atoms with Crippen LogP contribution in [0.4, 0.5) is 5.82 Å². The first-order chi connectivity index (χ1) is 6.61. The van der Waals surface area contributed by atoms with Crippen LogP contribution >= 0.6 is 15.9 Å². The van der Waals surface area contributed by atoms with E-state index in [2.05, 4.69) is 31.2 Å². The zero-order chi connectivity index (χ0) is 10.6. The maximum Gasteiger partial charge on any atom is 0.144 e. The maximum atomic E-state index is 9.06. The number of anilines is 1. The molecule has 0 fully saturated rings. The van der Waals surface area contributed by atoms with Gasteiger partial charge in [-0.1, -0.05) is 0 Å². The molecule has 0 radical (unpaired) electrons. The van der Waals surface area contributed by atoms with Gasteiger partial charge in [0.1, 0.15) is 12.1 Å². The van der Waals surface area contributed by atoms with Crippen LogP contribution in [0.1, 0.15) is 6.92 Å². The van der Waals surface area contributed by atoms with Crippen molar-refractivity contribution in [1.29, 1.82) is 0 Å². The van der Waals surface area contributed by atoms with Crippen molar-refractivity contribution in [3.8, 4) is 0 Å². The lowest BCUT2D eigenvalue weighted by atomic mass is 10.1. The zero-order valence-electron chi connectivity index (χ0n) is 7.74. The van der Waals surface area contributed by atoms with E-state index in [1.54, 1.807) is 13.1 Å². The minimum atomic E-state index is -0.781. The molecule has 0 aromatic carbocycles. The van der Waals surface area contributed by atoms with Gasteiger partial charge in [0, 0.05) is 6.20 Å². The van der Waals surface area contributed by atoms with E-state index in [-0.39, 0.29) is 13.2 Å². The van der Waals surface area contributed by atoms with Crippen LogP contribution in [0.5, 0.6) is 0 Å². The predicted molar refractivity (Wildman–Crippen MR) is 55.9 cm³/mol. The molecule has 1 aromatic heterocycles. The molecule has 0 bridgehead atoms. The Labute approximate surface area is 90.3 Å². The Hall–Kier alpha value is -0.720. The predicted octanol–water partition coefficient (Wildman–Crippen LogP) is 0.394. The number of halogens is 1. The average molecular weight is 262 g/mol. The highest BCUT2D eigenvalue weighted by Crippen LogP contribution is 2.20. The SMILES string of the molecule is CC(CO)(CO)Nc1ncncc1Br. The van der Waals surface area contributed by atoms with Crippen molar-refractivity contribution >= 4 is 21.7 Å². The van der Waals surface area contributed by atoms with Crippen molar-refractivity contribution in [2.75, 3.05) is 18.5 Å². The quantitative estimate of drug-likeness (QED) is 0.731. The fourth-order valence-corrected chi connectivity index (χ4v) is 1.14. The molecule has 0 aliphatic carbocycles. The van der Waals surface area contributed by atoms with E-state index in [1.807, 2.05) is 0 Å². The largest absolute Gasteiger partial charge is 0.394 e. The second-order valence-electron chi connectivity index (χ2n) is 3.22. The van der Waals surface area contributed by atoms with E-state index in [9.17, 15) is 0 Å². The van der Waals surface area contributed by atoms with Crippen LogP contribution < -0.4 is 5.32 Å². The van der Waals surface area contributed by atoms with Gasteiger partial charge in [0.25, 0.3) is 0 Å². The molecule has 1 aromatic rings. The van der Waals surface area contributed by atoms with Gasteiger partial charge in [-0.2, -0.15) is 0 Å². The van der Waals surface area contributed by atoms with Crippen molar-refractivity contribution < 1.29 is 10.2 Å². The van der Waals surface area contributed by atoms with Crippen molar-refractivity contribution in [3.05, 3.63) is 17.0 Å². The average Bonchev–Trinajstić information content (AvgIpc) is 2.21. The number of nitrogens with zero attached hydrogens (tertiary/aromatic N) is 2. The molecule has 0 unspecified atom stereocenters. The number of aliphatic hydroxyl groups excluding tert-OH is 2. The molecule has 0 aliphatic rings. The van der Waals surface area contributed by atoms with Crippen molar-refractivity contribution in [1.82, 2.24) is 9.97 Å². The number of nitrogens with one attached hydrogen (secondary N) is 1. The van der Waals surface area contributed by atoms with Crippen LogP contribution in [0.3, 0.4) is 0 Å². The first kappa shape index (κ1) is 11.4. The fourth-order valence-electron chi connectivity index (χ4n) is 0.820. The number of rotatable bonds is 4. The molecule has 5 nitrogen and oxygen atoms in total. The second kappa shape index (κ2) is 4.68. The van der Waals surface area contributed by atoms with Gasteiger partial charge in [-0.25, -0.2) is 9.97 Å². The fraction of sp³-hybridized carbons (Fsp3) is 0.500. The Morgan fingerprint density at radius 3 is 2.64 bits per heavy atom. The highest BCUT2D eigenvalue weighted by molar-refractivity contribution is 9.10. The summed E-state index contributed by atoms with van der Waals surface area (Å²) in [5.74, 6) is 0.547. The molecule has 0 aliphatic heterocycles. The highest BCUT2D eigenvalue weighted by atomic mass is 79.9. The van der Waals surface area contributed by atoms with E-state index in [0.29, 0.717) is 10.3 Å². The minimum absolute atomic E-state index is 0.181. The van der Waals surface area contributed by atoms with Crippen molar-refractivity contribution in [3.63, 3.8) is 0 Å². The Balaban J connectivity index is 2.82. The normalized spacial score (nSPS) is 11.4. The Bertz CT molecular complexity index is 304. The van der Waals surface area contributed by atoms with Gasteiger partial charge in [0.2, 0.25) is 0 Å². The Kier molecular flexibility index (Phi) is 3.79. The van der Waals surface area contributed by atoms with Crippen LogP contribution in [0, 0.1) is 0 Å². The lowest BCUT2D eigenvalue weighted by molar-refractivity contribution is 0.147. The van der Waals surface area contributed by atoms with Crippen LogP contribution in [-0.2, 0) is 0 Å². The van der Waals surface area contributed by atoms with Gasteiger partial charge in [-0.3, -0.25) is 0 Å². The Morgan fingerprint density at radius 1 is 1.50 bits per heavy atom. The molecule has 0 amide bonds. The van der Waals surface area contributed by atoms with Crippen LogP contribution in [0.25, 0.3) is 0 Å². The highest BCUT2D eigenvalue weighted by Gasteiger charge is 2.23. The van der Waals surface area contributed by atoms with Crippen LogP contribution in [0.15, 0.2) is 17.0 Å². The number of aliphatic hydroxyl groups is 2. The Morgan fingerprint density at radius 2 is 2.14 bits per heavy atom. The molecule has 0 saturated carbocycles. The molecule has 78 valence electrons. The minimum Gasteiger partial charge on any atom is -0.394 e. The summed E-state index contributed by atoms with van der Waals surface area (Å²) < 4.78 is 0.688. The van der Waals surface area contributed by atoms with E-state index in [1.165, 1.54) is 6.33 Å². The number of hydrogen-bond donors (Lipinski definition) is 3. The van der Waals surface area contributed by atoms with Crippen LogP contribution in [-0.4, -0.2) is 38.9 Å². The first-order valence-corrected chi connectivity index (χ1v) is 4.86. The summed E-state index contributed by atoms with van der Waals surface area (Å²) in [7, 11) is 0. The van der Waals surface area contributed by atoms with Crippen molar-refractivity contribution in [2.45, 2.75) is 12.5 Å². The molecule has 0 atom stereocenters. The second-order valence-corrected chi connectivity index (χ2v) is 4.08. The molecule has 0 saturated heterocycles. The van der Waals surface area contributed by atoms with E-state index in [0.717, 1.165) is 0 Å². The third-order valence-electron chi connectivity index (χ3n) is 1.79. The van der Waals surface area contributed by atoms with Gasteiger partial charge in [0.15, 0.2) is 0 Å². The first-order valence-electron chi connectivity index (χ1n) is 4.07. The third-order valence-corrected chi connectivity index (χ3v) is 2.37. The summed E-state index contributed by atoms with van der Waals surface area (Å²) in [5, 5.41) is 21.0. The monoisotopic (exact) mass is 261 g/mol. The topological polar surface area (TPSA) is 78.3 Å². The molecular formula is C8H12BrN3O2. The van der Waals surface area contributed by atoms with Gasteiger partial charge in [0.05, 0.1) is 23.2 Å². The lowest BCUT2D eigenvalue weighted by Crippen LogP contribution is -2.42. The molecule has 1 rings (SSSR count). The number of aromatic nitrogens is 2. The van der Waals surface area contributed by atoms with Gasteiger partial charge >= 0.3 is 0 Å². The maximum absolute atomic E-state index is 9.06. The van der Waals surface area contributed by atoms with Gasteiger partial charge < -0.3 is 15.5 Å². The molecule has 1 heterocycles. The molecule has 6 heteroatoms. The smallest absolute Gasteiger partial charge is 0.144 e.